The largest absolute Gasteiger partial charge is 0.342 e. The van der Waals surface area contributed by atoms with Crippen LogP contribution in [0.5, 0.6) is 0 Å². The fourth-order valence-electron chi connectivity index (χ4n) is 3.24. The summed E-state index contributed by atoms with van der Waals surface area (Å²) in [5.41, 5.74) is 3.02. The summed E-state index contributed by atoms with van der Waals surface area (Å²) in [5, 5.41) is 9.43. The van der Waals surface area contributed by atoms with Gasteiger partial charge in [-0.25, -0.2) is 13.1 Å². The van der Waals surface area contributed by atoms with E-state index in [4.69, 9.17) is 0 Å². The maximum atomic E-state index is 12.5. The standard InChI is InChI=1S/C20H19N5O4S/c1-13-5-4-7-15(9-13)25-18(16-11-30(28,29)12-17(16)24-25)23-20(27)19(26)22-10-14-6-2-3-8-21-14/h2-9H,10-12H2,1H3,(H,22,26)(H,23,27). The van der Waals surface area contributed by atoms with E-state index < -0.39 is 21.7 Å². The van der Waals surface area contributed by atoms with Gasteiger partial charge in [0.1, 0.15) is 5.82 Å². The van der Waals surface area contributed by atoms with Crippen molar-refractivity contribution >= 4 is 27.5 Å². The number of fused-ring (bicyclic) bond motifs is 1. The van der Waals surface area contributed by atoms with E-state index in [1.165, 1.54) is 4.68 Å². The molecule has 154 valence electrons. The Bertz CT molecular complexity index is 1240. The quantitative estimate of drug-likeness (QED) is 0.607. The average Bonchev–Trinajstić information content (AvgIpc) is 3.19. The number of pyridine rings is 1. The summed E-state index contributed by atoms with van der Waals surface area (Å²) in [6.07, 6.45) is 1.59. The average molecular weight is 425 g/mol. The molecule has 0 saturated heterocycles. The summed E-state index contributed by atoms with van der Waals surface area (Å²) >= 11 is 0. The van der Waals surface area contributed by atoms with Gasteiger partial charge in [0.2, 0.25) is 0 Å². The van der Waals surface area contributed by atoms with Gasteiger partial charge in [0, 0.05) is 11.8 Å². The van der Waals surface area contributed by atoms with Crippen molar-refractivity contribution in [1.82, 2.24) is 20.1 Å². The summed E-state index contributed by atoms with van der Waals surface area (Å²) in [4.78, 5) is 28.9. The van der Waals surface area contributed by atoms with Crippen LogP contribution in [0.4, 0.5) is 5.82 Å². The maximum Gasteiger partial charge on any atom is 0.314 e. The Morgan fingerprint density at radius 1 is 1.10 bits per heavy atom. The Kier molecular flexibility index (Phi) is 5.08. The summed E-state index contributed by atoms with van der Waals surface area (Å²) in [7, 11) is -3.33. The van der Waals surface area contributed by atoms with E-state index in [1.54, 1.807) is 30.5 Å². The Labute approximate surface area is 173 Å². The van der Waals surface area contributed by atoms with E-state index in [9.17, 15) is 18.0 Å². The number of aromatic nitrogens is 3. The minimum Gasteiger partial charge on any atom is -0.342 e. The van der Waals surface area contributed by atoms with Gasteiger partial charge in [0.05, 0.1) is 35.1 Å². The molecule has 1 aromatic carbocycles. The molecule has 2 aromatic heterocycles. The van der Waals surface area contributed by atoms with Crippen LogP contribution in [0.1, 0.15) is 22.5 Å². The van der Waals surface area contributed by atoms with Crippen molar-refractivity contribution < 1.29 is 18.0 Å². The first-order chi connectivity index (χ1) is 14.3. The SMILES string of the molecule is Cc1cccc(-n2nc3c(c2NC(=O)C(=O)NCc2ccccn2)CS(=O)(=O)C3)c1. The van der Waals surface area contributed by atoms with Gasteiger partial charge in [-0.1, -0.05) is 18.2 Å². The highest BCUT2D eigenvalue weighted by molar-refractivity contribution is 7.90. The molecule has 0 unspecified atom stereocenters. The van der Waals surface area contributed by atoms with E-state index in [-0.39, 0.29) is 23.9 Å². The molecule has 3 aromatic rings. The highest BCUT2D eigenvalue weighted by Gasteiger charge is 2.33. The van der Waals surface area contributed by atoms with Crippen molar-refractivity contribution in [3.05, 3.63) is 71.2 Å². The van der Waals surface area contributed by atoms with Gasteiger partial charge < -0.3 is 10.6 Å². The predicted octanol–water partition coefficient (Wildman–Crippen LogP) is 1.26. The number of rotatable bonds is 4. The molecule has 0 atom stereocenters. The number of nitrogens with one attached hydrogen (secondary N) is 2. The number of benzene rings is 1. The molecule has 2 N–H and O–H groups in total. The third kappa shape index (κ3) is 4.08. The third-order valence-corrected chi connectivity index (χ3v) is 6.07. The number of carbonyl (C=O) groups excluding carboxylic acids is 2. The lowest BCUT2D eigenvalue weighted by molar-refractivity contribution is -0.136. The Morgan fingerprint density at radius 3 is 2.67 bits per heavy atom. The molecule has 0 spiro atoms. The first-order valence-corrected chi connectivity index (χ1v) is 11.0. The summed E-state index contributed by atoms with van der Waals surface area (Å²) in [6, 6.07) is 12.6. The zero-order valence-corrected chi connectivity index (χ0v) is 16.9. The van der Waals surface area contributed by atoms with Crippen molar-refractivity contribution in [3.8, 4) is 5.69 Å². The Balaban J connectivity index is 1.59. The molecule has 0 radical (unpaired) electrons. The van der Waals surface area contributed by atoms with Crippen LogP contribution in [0.25, 0.3) is 5.69 Å². The highest BCUT2D eigenvalue weighted by atomic mass is 32.2. The first kappa shape index (κ1) is 19.8. The van der Waals surface area contributed by atoms with Crippen molar-refractivity contribution in [2.45, 2.75) is 25.0 Å². The Morgan fingerprint density at radius 2 is 1.93 bits per heavy atom. The molecule has 4 rings (SSSR count). The highest BCUT2D eigenvalue weighted by Crippen LogP contribution is 2.33. The topological polar surface area (TPSA) is 123 Å². The van der Waals surface area contributed by atoms with Gasteiger partial charge in [-0.15, -0.1) is 0 Å². The van der Waals surface area contributed by atoms with Gasteiger partial charge in [-0.05, 0) is 36.8 Å². The molecule has 9 nitrogen and oxygen atoms in total. The normalized spacial score (nSPS) is 14.2. The molecule has 1 aliphatic heterocycles. The van der Waals surface area contributed by atoms with Crippen molar-refractivity contribution in [3.63, 3.8) is 0 Å². The van der Waals surface area contributed by atoms with Gasteiger partial charge in [-0.2, -0.15) is 5.10 Å². The van der Waals surface area contributed by atoms with Crippen molar-refractivity contribution in [2.75, 3.05) is 5.32 Å². The lowest BCUT2D eigenvalue weighted by Gasteiger charge is -2.11. The molecule has 30 heavy (non-hydrogen) atoms. The second-order valence-electron chi connectivity index (χ2n) is 7.01. The zero-order valence-electron chi connectivity index (χ0n) is 16.1. The van der Waals surface area contributed by atoms with E-state index in [1.807, 2.05) is 25.1 Å². The van der Waals surface area contributed by atoms with Crippen molar-refractivity contribution in [2.24, 2.45) is 0 Å². The second kappa shape index (κ2) is 7.71. The van der Waals surface area contributed by atoms with Crippen LogP contribution >= 0.6 is 0 Å². The van der Waals surface area contributed by atoms with Crippen LogP contribution in [0.15, 0.2) is 48.7 Å². The smallest absolute Gasteiger partial charge is 0.314 e. The van der Waals surface area contributed by atoms with E-state index in [0.29, 0.717) is 22.6 Å². The molecule has 3 heterocycles. The van der Waals surface area contributed by atoms with Crippen LogP contribution in [0.2, 0.25) is 0 Å². The number of hydrogen-bond acceptors (Lipinski definition) is 6. The van der Waals surface area contributed by atoms with Crippen LogP contribution in [0.3, 0.4) is 0 Å². The molecule has 0 aliphatic carbocycles. The second-order valence-corrected chi connectivity index (χ2v) is 9.08. The molecule has 2 amide bonds. The summed E-state index contributed by atoms with van der Waals surface area (Å²) < 4.78 is 25.5. The van der Waals surface area contributed by atoms with Gasteiger partial charge >= 0.3 is 11.8 Å². The van der Waals surface area contributed by atoms with Gasteiger partial charge in [0.25, 0.3) is 0 Å². The molecular formula is C20H19N5O4S. The third-order valence-electron chi connectivity index (χ3n) is 4.63. The minimum absolute atomic E-state index is 0.0940. The van der Waals surface area contributed by atoms with Crippen LogP contribution in [-0.2, 0) is 37.5 Å². The monoisotopic (exact) mass is 425 g/mol. The van der Waals surface area contributed by atoms with Crippen LogP contribution in [0, 0.1) is 6.92 Å². The van der Waals surface area contributed by atoms with Gasteiger partial charge in [0.15, 0.2) is 9.84 Å². The number of nitrogens with zero attached hydrogens (tertiary/aromatic N) is 3. The number of hydrogen-bond donors (Lipinski definition) is 2. The molecule has 10 heteroatoms. The summed E-state index contributed by atoms with van der Waals surface area (Å²) in [5.74, 6) is -2.01. The van der Waals surface area contributed by atoms with Crippen LogP contribution < -0.4 is 10.6 Å². The predicted molar refractivity (Wildman–Crippen MR) is 109 cm³/mol. The zero-order chi connectivity index (χ0) is 21.3. The summed E-state index contributed by atoms with van der Waals surface area (Å²) in [6.45, 7) is 2.01. The minimum atomic E-state index is -3.33. The van der Waals surface area contributed by atoms with E-state index in [0.717, 1.165) is 5.56 Å². The number of aryl methyl sites for hydroxylation is 1. The molecule has 0 saturated carbocycles. The van der Waals surface area contributed by atoms with Gasteiger partial charge in [-0.3, -0.25) is 14.6 Å². The van der Waals surface area contributed by atoms with Crippen LogP contribution in [-0.4, -0.2) is 35.0 Å². The molecule has 0 bridgehead atoms. The number of anilines is 1. The number of carbonyl (C=O) groups is 2. The lowest BCUT2D eigenvalue weighted by Crippen LogP contribution is -2.35. The first-order valence-electron chi connectivity index (χ1n) is 9.20. The molecular weight excluding hydrogens is 406 g/mol. The molecule has 1 aliphatic rings. The number of sulfone groups is 1. The fourth-order valence-corrected chi connectivity index (χ4v) is 4.73. The molecule has 0 fully saturated rings. The fraction of sp³-hybridized carbons (Fsp3) is 0.200. The van der Waals surface area contributed by atoms with E-state index in [2.05, 4.69) is 20.7 Å². The maximum absolute atomic E-state index is 12.5. The van der Waals surface area contributed by atoms with E-state index >= 15 is 0 Å². The number of amides is 2. The van der Waals surface area contributed by atoms with Crippen molar-refractivity contribution in [1.29, 1.82) is 0 Å². The lowest BCUT2D eigenvalue weighted by atomic mass is 10.2. The Hall–Kier alpha value is -3.53.